The SMILES string of the molecule is C1CCCCC1.CCCN(CCOc1c(Cl)cc(Cl)cc1Cl)C(=O)n1ccnc1.CCOC(C)=O. The van der Waals surface area contributed by atoms with Crippen molar-refractivity contribution in [1.29, 1.82) is 0 Å². The minimum absolute atomic E-state index is 0.152. The first-order chi connectivity index (χ1) is 16.8. The second-order valence-corrected chi connectivity index (χ2v) is 9.08. The standard InChI is InChI=1S/C15H16Cl3N3O2.C6H12.C4H8O2/c1-2-4-20(15(22)21-5-3-19-10-21)6-7-23-14-12(17)8-11(16)9-13(14)18;1-2-4-6-5-3-1;1-3-6-4(2)5/h3,5,8-10H,2,4,6-7H2,1H3;1-6H2;3H2,1-2H3. The number of halogens is 3. The van der Waals surface area contributed by atoms with Crippen LogP contribution >= 0.6 is 34.8 Å². The summed E-state index contributed by atoms with van der Waals surface area (Å²) in [5, 5.41) is 1.12. The average Bonchev–Trinajstić information content (AvgIpc) is 3.36. The molecule has 1 fully saturated rings. The fraction of sp³-hybridized carbons (Fsp3) is 0.560. The maximum atomic E-state index is 12.3. The number of amides is 1. The molecule has 2 aromatic rings. The lowest BCUT2D eigenvalue weighted by Crippen LogP contribution is -2.37. The molecule has 1 aromatic carbocycles. The van der Waals surface area contributed by atoms with Gasteiger partial charge in [0.1, 0.15) is 12.9 Å². The number of ether oxygens (including phenoxy) is 2. The lowest BCUT2D eigenvalue weighted by molar-refractivity contribution is -0.140. The van der Waals surface area contributed by atoms with Gasteiger partial charge >= 0.3 is 12.0 Å². The molecule has 1 aliphatic carbocycles. The Labute approximate surface area is 223 Å². The molecule has 0 unspecified atom stereocenters. The summed E-state index contributed by atoms with van der Waals surface area (Å²) in [6.45, 7) is 6.94. The summed E-state index contributed by atoms with van der Waals surface area (Å²) in [5.74, 6) is 0.154. The summed E-state index contributed by atoms with van der Waals surface area (Å²) in [7, 11) is 0. The van der Waals surface area contributed by atoms with Gasteiger partial charge in [-0.05, 0) is 25.5 Å². The molecule has 0 saturated heterocycles. The van der Waals surface area contributed by atoms with Crippen LogP contribution in [0, 0.1) is 0 Å². The zero-order valence-corrected chi connectivity index (χ0v) is 23.0. The van der Waals surface area contributed by atoms with Crippen LogP contribution in [0.5, 0.6) is 5.75 Å². The first-order valence-electron chi connectivity index (χ1n) is 12.0. The number of nitrogens with zero attached hydrogens (tertiary/aromatic N) is 3. The molecule has 7 nitrogen and oxygen atoms in total. The predicted molar refractivity (Wildman–Crippen MR) is 142 cm³/mol. The summed E-state index contributed by atoms with van der Waals surface area (Å²) >= 11 is 18.0. The molecular weight excluding hydrogens is 513 g/mol. The minimum Gasteiger partial charge on any atom is -0.489 e. The van der Waals surface area contributed by atoms with Crippen molar-refractivity contribution in [3.8, 4) is 5.75 Å². The maximum absolute atomic E-state index is 12.3. The highest BCUT2D eigenvalue weighted by atomic mass is 35.5. The number of imidazole rings is 1. The summed E-state index contributed by atoms with van der Waals surface area (Å²) in [5.41, 5.74) is 0. The van der Waals surface area contributed by atoms with Crippen molar-refractivity contribution in [2.45, 2.75) is 65.7 Å². The summed E-state index contributed by atoms with van der Waals surface area (Å²) < 4.78 is 11.5. The molecule has 0 radical (unpaired) electrons. The van der Waals surface area contributed by atoms with Crippen LogP contribution in [-0.4, -0.2) is 52.8 Å². The monoisotopic (exact) mass is 547 g/mol. The second kappa shape index (κ2) is 18.3. The van der Waals surface area contributed by atoms with Crippen LogP contribution in [0.4, 0.5) is 4.79 Å². The zero-order valence-electron chi connectivity index (χ0n) is 20.8. The molecule has 196 valence electrons. The van der Waals surface area contributed by atoms with Crippen LogP contribution in [0.3, 0.4) is 0 Å². The second-order valence-electron chi connectivity index (χ2n) is 7.83. The molecule has 0 spiro atoms. The summed E-state index contributed by atoms with van der Waals surface area (Å²) in [6.07, 6.45) is 14.5. The highest BCUT2D eigenvalue weighted by molar-refractivity contribution is 6.40. The number of hydrogen-bond donors (Lipinski definition) is 0. The maximum Gasteiger partial charge on any atom is 0.329 e. The van der Waals surface area contributed by atoms with Crippen LogP contribution in [-0.2, 0) is 9.53 Å². The Hall–Kier alpha value is -1.96. The van der Waals surface area contributed by atoms with Gasteiger partial charge in [0.05, 0.1) is 23.2 Å². The Kier molecular flexibility index (Phi) is 16.3. The average molecular weight is 549 g/mol. The van der Waals surface area contributed by atoms with Crippen molar-refractivity contribution in [3.05, 3.63) is 45.9 Å². The fourth-order valence-corrected chi connectivity index (χ4v) is 4.22. The van der Waals surface area contributed by atoms with Gasteiger partial charge in [0.2, 0.25) is 0 Å². The van der Waals surface area contributed by atoms with E-state index in [1.165, 1.54) is 56.3 Å². The molecule has 1 aromatic heterocycles. The van der Waals surface area contributed by atoms with Crippen molar-refractivity contribution in [2.75, 3.05) is 26.3 Å². The van der Waals surface area contributed by atoms with Gasteiger partial charge in [-0.2, -0.15) is 0 Å². The van der Waals surface area contributed by atoms with E-state index < -0.39 is 0 Å². The minimum atomic E-state index is -0.211. The number of esters is 1. The van der Waals surface area contributed by atoms with E-state index in [4.69, 9.17) is 39.5 Å². The summed E-state index contributed by atoms with van der Waals surface area (Å²) in [6, 6.07) is 2.97. The highest BCUT2D eigenvalue weighted by Gasteiger charge is 2.15. The van der Waals surface area contributed by atoms with E-state index in [9.17, 15) is 9.59 Å². The van der Waals surface area contributed by atoms with Crippen molar-refractivity contribution in [3.63, 3.8) is 0 Å². The molecule has 10 heteroatoms. The first-order valence-corrected chi connectivity index (χ1v) is 13.1. The highest BCUT2D eigenvalue weighted by Crippen LogP contribution is 2.35. The van der Waals surface area contributed by atoms with E-state index in [0.717, 1.165) is 6.42 Å². The van der Waals surface area contributed by atoms with Crippen molar-refractivity contribution in [1.82, 2.24) is 14.5 Å². The Morgan fingerprint density at radius 2 is 1.57 bits per heavy atom. The first kappa shape index (κ1) is 31.1. The van der Waals surface area contributed by atoms with E-state index >= 15 is 0 Å². The lowest BCUT2D eigenvalue weighted by atomic mass is 10.0. The fourth-order valence-electron chi connectivity index (χ4n) is 3.30. The Balaban J connectivity index is 0.000000416. The van der Waals surface area contributed by atoms with Crippen molar-refractivity contribution < 1.29 is 19.1 Å². The molecule has 0 atom stereocenters. The quantitative estimate of drug-likeness (QED) is 0.335. The zero-order chi connectivity index (χ0) is 26.1. The van der Waals surface area contributed by atoms with Crippen LogP contribution in [0.15, 0.2) is 30.9 Å². The third-order valence-corrected chi connectivity index (χ3v) is 5.69. The largest absolute Gasteiger partial charge is 0.489 e. The van der Waals surface area contributed by atoms with E-state index in [1.807, 2.05) is 6.92 Å². The smallest absolute Gasteiger partial charge is 0.329 e. The number of hydrogen-bond acceptors (Lipinski definition) is 5. The third kappa shape index (κ3) is 13.1. The number of aromatic nitrogens is 2. The lowest BCUT2D eigenvalue weighted by Gasteiger charge is -2.22. The molecule has 0 aliphatic heterocycles. The van der Waals surface area contributed by atoms with E-state index in [-0.39, 0.29) is 18.6 Å². The molecule has 1 heterocycles. The molecule has 0 bridgehead atoms. The number of carbonyl (C=O) groups excluding carboxylic acids is 2. The van der Waals surface area contributed by atoms with Crippen LogP contribution in [0.2, 0.25) is 15.1 Å². The Morgan fingerprint density at radius 1 is 1.00 bits per heavy atom. The van der Waals surface area contributed by atoms with Gasteiger partial charge in [-0.25, -0.2) is 9.78 Å². The van der Waals surface area contributed by atoms with Gasteiger partial charge in [-0.15, -0.1) is 0 Å². The van der Waals surface area contributed by atoms with Gasteiger partial charge in [0.15, 0.2) is 5.75 Å². The van der Waals surface area contributed by atoms with Gasteiger partial charge < -0.3 is 14.4 Å². The summed E-state index contributed by atoms with van der Waals surface area (Å²) in [4.78, 5) is 27.7. The van der Waals surface area contributed by atoms with E-state index in [0.29, 0.717) is 40.5 Å². The predicted octanol–water partition coefficient (Wildman–Crippen LogP) is 7.51. The van der Waals surface area contributed by atoms with Gasteiger partial charge in [0, 0.05) is 30.9 Å². The van der Waals surface area contributed by atoms with Crippen molar-refractivity contribution in [2.24, 2.45) is 0 Å². The molecule has 1 saturated carbocycles. The normalized spacial score (nSPS) is 12.4. The molecule has 0 N–H and O–H groups in total. The number of carbonyl (C=O) groups is 2. The molecule has 1 amide bonds. The Morgan fingerprint density at radius 3 is 1.97 bits per heavy atom. The topological polar surface area (TPSA) is 73.7 Å². The van der Waals surface area contributed by atoms with Gasteiger partial charge in [-0.1, -0.05) is 80.3 Å². The number of benzene rings is 1. The van der Waals surface area contributed by atoms with E-state index in [2.05, 4.69) is 9.72 Å². The van der Waals surface area contributed by atoms with Gasteiger partial charge in [-0.3, -0.25) is 9.36 Å². The van der Waals surface area contributed by atoms with Crippen LogP contribution in [0.1, 0.15) is 65.7 Å². The van der Waals surface area contributed by atoms with Crippen LogP contribution < -0.4 is 4.74 Å². The third-order valence-electron chi connectivity index (χ3n) is 4.91. The molecule has 3 rings (SSSR count). The van der Waals surface area contributed by atoms with Gasteiger partial charge in [0.25, 0.3) is 0 Å². The van der Waals surface area contributed by atoms with Crippen molar-refractivity contribution >= 4 is 46.8 Å². The number of rotatable bonds is 7. The van der Waals surface area contributed by atoms with Crippen LogP contribution in [0.25, 0.3) is 0 Å². The molecule has 1 aliphatic rings. The Bertz CT molecular complexity index is 840. The van der Waals surface area contributed by atoms with E-state index in [1.54, 1.807) is 36.4 Å². The molecule has 35 heavy (non-hydrogen) atoms. The molecular formula is C25H36Cl3N3O4.